The highest BCUT2D eigenvalue weighted by Gasteiger charge is 2.16. The summed E-state index contributed by atoms with van der Waals surface area (Å²) in [7, 11) is 5.34. The predicted molar refractivity (Wildman–Crippen MR) is 117 cm³/mol. The van der Waals surface area contributed by atoms with Crippen LogP contribution in [0.5, 0.6) is 0 Å². The lowest BCUT2D eigenvalue weighted by molar-refractivity contribution is 0.400. The first-order chi connectivity index (χ1) is 15.3. The number of benzene rings is 1. The number of hydrogen-bond donors (Lipinski definition) is 2. The minimum Gasteiger partial charge on any atom is -0.353 e. The lowest BCUT2D eigenvalue weighted by Gasteiger charge is -2.12. The van der Waals surface area contributed by atoms with E-state index in [4.69, 9.17) is 0 Å². The molecule has 10 nitrogen and oxygen atoms in total. The summed E-state index contributed by atoms with van der Waals surface area (Å²) in [5.74, 6) is -1.85. The molecule has 3 rings (SSSR count). The van der Waals surface area contributed by atoms with E-state index in [0.29, 0.717) is 12.1 Å². The van der Waals surface area contributed by atoms with Crippen LogP contribution >= 0.6 is 0 Å². The maximum absolute atomic E-state index is 13.6. The van der Waals surface area contributed by atoms with Gasteiger partial charge in [-0.1, -0.05) is 6.07 Å². The predicted octanol–water partition coefficient (Wildman–Crippen LogP) is 0.165. The molecule has 0 fully saturated rings. The summed E-state index contributed by atoms with van der Waals surface area (Å²) in [5, 5.41) is 14.3. The Morgan fingerprint density at radius 3 is 2.56 bits per heavy atom. The summed E-state index contributed by atoms with van der Waals surface area (Å²) in [4.78, 5) is 31.5. The molecule has 0 bridgehead atoms. The fraction of sp³-hybridized carbons (Fsp3) is 0.450. The van der Waals surface area contributed by atoms with Crippen LogP contribution in [0.2, 0.25) is 0 Å². The molecule has 0 radical (unpaired) electrons. The molecule has 172 valence electrons. The van der Waals surface area contributed by atoms with Crippen molar-refractivity contribution in [2.75, 3.05) is 45.6 Å². The average molecular weight is 448 g/mol. The highest BCUT2D eigenvalue weighted by molar-refractivity contribution is 5.69. The summed E-state index contributed by atoms with van der Waals surface area (Å²) in [6, 6.07) is 3.31. The topological polar surface area (TPSA) is 110 Å². The van der Waals surface area contributed by atoms with Crippen LogP contribution in [-0.2, 0) is 13.6 Å². The zero-order valence-corrected chi connectivity index (χ0v) is 18.2. The zero-order chi connectivity index (χ0) is 23.3. The van der Waals surface area contributed by atoms with E-state index in [-0.39, 0.29) is 23.7 Å². The van der Waals surface area contributed by atoms with Crippen LogP contribution in [0, 0.1) is 11.6 Å². The van der Waals surface area contributed by atoms with Gasteiger partial charge in [-0.3, -0.25) is 13.9 Å². The van der Waals surface area contributed by atoms with Crippen molar-refractivity contribution in [3.63, 3.8) is 0 Å². The fourth-order valence-electron chi connectivity index (χ4n) is 3.04. The first kappa shape index (κ1) is 23.4. The van der Waals surface area contributed by atoms with E-state index in [1.54, 1.807) is 0 Å². The van der Waals surface area contributed by atoms with Gasteiger partial charge in [0.2, 0.25) is 5.95 Å². The van der Waals surface area contributed by atoms with Gasteiger partial charge in [0.25, 0.3) is 5.56 Å². The smallest absolute Gasteiger partial charge is 0.332 e. The lowest BCUT2D eigenvalue weighted by Crippen LogP contribution is -2.39. The Kier molecular flexibility index (Phi) is 7.59. The summed E-state index contributed by atoms with van der Waals surface area (Å²) in [5.41, 5.74) is -1.02. The summed E-state index contributed by atoms with van der Waals surface area (Å²) in [6.07, 6.45) is 0.808. The molecule has 0 unspecified atom stereocenters. The molecule has 0 aliphatic carbocycles. The molecule has 32 heavy (non-hydrogen) atoms. The number of anilines is 1. The van der Waals surface area contributed by atoms with Crippen LogP contribution in [-0.4, -0.2) is 69.5 Å². The normalized spacial score (nSPS) is 11.4. The lowest BCUT2D eigenvalue weighted by atomic mass is 10.2. The Morgan fingerprint density at radius 2 is 1.84 bits per heavy atom. The summed E-state index contributed by atoms with van der Waals surface area (Å²) in [6.45, 7) is 3.07. The molecule has 2 heterocycles. The van der Waals surface area contributed by atoms with Gasteiger partial charge >= 0.3 is 5.69 Å². The van der Waals surface area contributed by atoms with Gasteiger partial charge in [0, 0.05) is 26.7 Å². The molecule has 2 N–H and O–H groups in total. The maximum Gasteiger partial charge on any atom is 0.332 e. The monoisotopic (exact) mass is 448 g/mol. The van der Waals surface area contributed by atoms with Crippen molar-refractivity contribution in [2.45, 2.75) is 13.0 Å². The van der Waals surface area contributed by atoms with Gasteiger partial charge in [-0.05, 0) is 44.8 Å². The summed E-state index contributed by atoms with van der Waals surface area (Å²) < 4.78 is 28.8. The number of halogens is 2. The van der Waals surface area contributed by atoms with E-state index in [1.165, 1.54) is 13.1 Å². The summed E-state index contributed by atoms with van der Waals surface area (Å²) >= 11 is 0. The quantitative estimate of drug-likeness (QED) is 0.423. The third-order valence-electron chi connectivity index (χ3n) is 4.82. The largest absolute Gasteiger partial charge is 0.353 e. The van der Waals surface area contributed by atoms with Crippen molar-refractivity contribution in [1.82, 2.24) is 34.5 Å². The van der Waals surface area contributed by atoms with E-state index < -0.39 is 22.9 Å². The van der Waals surface area contributed by atoms with Gasteiger partial charge in [0.1, 0.15) is 0 Å². The SMILES string of the molecule is CN(C)CCNCCCNc1nnc2c(n1)c(=O)n(C)c(=O)n2Cc1ccc(F)c(F)c1. The van der Waals surface area contributed by atoms with Crippen LogP contribution in [0.3, 0.4) is 0 Å². The van der Waals surface area contributed by atoms with Crippen LogP contribution in [0.15, 0.2) is 27.8 Å². The molecule has 0 atom stereocenters. The van der Waals surface area contributed by atoms with Crippen molar-refractivity contribution in [3.05, 3.63) is 56.2 Å². The van der Waals surface area contributed by atoms with Crippen molar-refractivity contribution < 1.29 is 8.78 Å². The minimum absolute atomic E-state index is 0.0289. The molecule has 0 saturated heterocycles. The first-order valence-electron chi connectivity index (χ1n) is 10.2. The van der Waals surface area contributed by atoms with Gasteiger partial charge in [-0.25, -0.2) is 18.6 Å². The Balaban J connectivity index is 1.78. The van der Waals surface area contributed by atoms with E-state index in [1.807, 2.05) is 14.1 Å². The highest BCUT2D eigenvalue weighted by atomic mass is 19.2. The minimum atomic E-state index is -1.03. The zero-order valence-electron chi connectivity index (χ0n) is 18.2. The third kappa shape index (κ3) is 5.51. The Labute approximate surface area is 182 Å². The van der Waals surface area contributed by atoms with Crippen molar-refractivity contribution in [3.8, 4) is 0 Å². The van der Waals surface area contributed by atoms with Gasteiger partial charge < -0.3 is 15.5 Å². The van der Waals surface area contributed by atoms with Crippen LogP contribution in [0.1, 0.15) is 12.0 Å². The number of nitrogens with one attached hydrogen (secondary N) is 2. The Hall–Kier alpha value is -3.25. The van der Waals surface area contributed by atoms with Crippen molar-refractivity contribution in [2.24, 2.45) is 7.05 Å². The second kappa shape index (κ2) is 10.4. The van der Waals surface area contributed by atoms with E-state index in [9.17, 15) is 18.4 Å². The van der Waals surface area contributed by atoms with Crippen LogP contribution in [0.25, 0.3) is 11.2 Å². The van der Waals surface area contributed by atoms with Gasteiger partial charge in [0.05, 0.1) is 6.54 Å². The number of rotatable bonds is 10. The van der Waals surface area contributed by atoms with Crippen molar-refractivity contribution in [1.29, 1.82) is 0 Å². The van der Waals surface area contributed by atoms with Gasteiger partial charge in [-0.2, -0.15) is 0 Å². The van der Waals surface area contributed by atoms with E-state index in [0.717, 1.165) is 47.3 Å². The molecule has 0 amide bonds. The number of nitrogens with zero attached hydrogens (tertiary/aromatic N) is 6. The number of fused-ring (bicyclic) bond motifs is 1. The molecular formula is C20H26F2N8O2. The second-order valence-corrected chi connectivity index (χ2v) is 7.62. The van der Waals surface area contributed by atoms with Crippen LogP contribution in [0.4, 0.5) is 14.7 Å². The van der Waals surface area contributed by atoms with Gasteiger partial charge in [-0.15, -0.1) is 10.2 Å². The number of likely N-dealkylation sites (N-methyl/N-ethyl adjacent to an activating group) is 1. The standard InChI is InChI=1S/C20H26F2N8O2/c1-28(2)10-9-23-7-4-8-24-19-25-16-17(26-27-19)30(20(32)29(3)18(16)31)12-13-5-6-14(21)15(22)11-13/h5-6,11,23H,4,7-10,12H2,1-3H3,(H,24,25,27). The molecule has 3 aromatic rings. The highest BCUT2D eigenvalue weighted by Crippen LogP contribution is 2.11. The molecular weight excluding hydrogens is 422 g/mol. The van der Waals surface area contributed by atoms with E-state index in [2.05, 4.69) is 30.7 Å². The molecule has 0 aliphatic heterocycles. The first-order valence-corrected chi connectivity index (χ1v) is 10.2. The Bertz CT molecular complexity index is 1210. The average Bonchev–Trinajstić information content (AvgIpc) is 2.76. The van der Waals surface area contributed by atoms with Crippen molar-refractivity contribution >= 4 is 17.1 Å². The molecule has 12 heteroatoms. The second-order valence-electron chi connectivity index (χ2n) is 7.62. The Morgan fingerprint density at radius 1 is 1.06 bits per heavy atom. The maximum atomic E-state index is 13.6. The third-order valence-corrected chi connectivity index (χ3v) is 4.82. The molecule has 0 spiro atoms. The number of aromatic nitrogens is 5. The fourth-order valence-corrected chi connectivity index (χ4v) is 3.04. The van der Waals surface area contributed by atoms with E-state index >= 15 is 0 Å². The number of hydrogen-bond acceptors (Lipinski definition) is 8. The molecule has 0 aliphatic rings. The molecule has 2 aromatic heterocycles. The molecule has 1 aromatic carbocycles. The molecule has 0 saturated carbocycles. The van der Waals surface area contributed by atoms with Crippen LogP contribution < -0.4 is 21.9 Å². The van der Waals surface area contributed by atoms with Gasteiger partial charge in [0.15, 0.2) is 22.8 Å².